The van der Waals surface area contributed by atoms with Crippen LogP contribution in [-0.2, 0) is 20.8 Å². The molecule has 1 heterocycles. The van der Waals surface area contributed by atoms with Gasteiger partial charge < -0.3 is 5.32 Å². The topological polar surface area (TPSA) is 86.8 Å². The van der Waals surface area contributed by atoms with Crippen molar-refractivity contribution in [1.29, 1.82) is 0 Å². The van der Waals surface area contributed by atoms with Crippen molar-refractivity contribution in [1.82, 2.24) is 15.1 Å². The first-order valence-electron chi connectivity index (χ1n) is 7.68. The van der Waals surface area contributed by atoms with Gasteiger partial charge in [-0.25, -0.2) is 9.69 Å². The molecule has 7 heteroatoms. The summed E-state index contributed by atoms with van der Waals surface area (Å²) in [5.41, 5.74) is 2.23. The second-order valence-corrected chi connectivity index (χ2v) is 5.74. The lowest BCUT2D eigenvalue weighted by molar-refractivity contribution is -0.143. The molecule has 1 aliphatic heterocycles. The van der Waals surface area contributed by atoms with E-state index in [9.17, 15) is 19.2 Å². The SMILES string of the molecule is C=CCN1C(=O)C(=O)N(CC(=O)NC2CCc3ccccc32)C1=O. The predicted molar refractivity (Wildman–Crippen MR) is 84.7 cm³/mol. The average molecular weight is 327 g/mol. The van der Waals surface area contributed by atoms with Gasteiger partial charge in [0.2, 0.25) is 5.91 Å². The lowest BCUT2D eigenvalue weighted by Gasteiger charge is -2.17. The van der Waals surface area contributed by atoms with E-state index in [1.54, 1.807) is 0 Å². The fourth-order valence-corrected chi connectivity index (χ4v) is 3.07. The van der Waals surface area contributed by atoms with Crippen LogP contribution in [0.1, 0.15) is 23.6 Å². The Labute approximate surface area is 138 Å². The molecule has 5 amide bonds. The first kappa shape index (κ1) is 15.9. The zero-order chi connectivity index (χ0) is 17.3. The number of aryl methyl sites for hydroxylation is 1. The molecule has 1 fully saturated rings. The van der Waals surface area contributed by atoms with Gasteiger partial charge in [-0.15, -0.1) is 6.58 Å². The normalized spacial score (nSPS) is 19.7. The van der Waals surface area contributed by atoms with Crippen LogP contribution in [0.5, 0.6) is 0 Å². The Bertz CT molecular complexity index is 743. The van der Waals surface area contributed by atoms with Crippen molar-refractivity contribution in [2.75, 3.05) is 13.1 Å². The molecule has 1 unspecified atom stereocenters. The summed E-state index contributed by atoms with van der Waals surface area (Å²) >= 11 is 0. The number of nitrogens with one attached hydrogen (secondary N) is 1. The molecule has 2 aliphatic rings. The van der Waals surface area contributed by atoms with Crippen LogP contribution in [0.3, 0.4) is 0 Å². The van der Waals surface area contributed by atoms with E-state index in [0.717, 1.165) is 23.3 Å². The Balaban J connectivity index is 1.66. The monoisotopic (exact) mass is 327 g/mol. The maximum Gasteiger partial charge on any atom is 0.335 e. The summed E-state index contributed by atoms with van der Waals surface area (Å²) in [6.45, 7) is 2.92. The van der Waals surface area contributed by atoms with Crippen LogP contribution in [0, 0.1) is 0 Å². The molecule has 0 spiro atoms. The third-order valence-corrected chi connectivity index (χ3v) is 4.22. The molecule has 0 aromatic heterocycles. The third kappa shape index (κ3) is 2.68. The Morgan fingerprint density at radius 2 is 1.92 bits per heavy atom. The second kappa shape index (κ2) is 6.27. The van der Waals surface area contributed by atoms with E-state index in [0.29, 0.717) is 4.90 Å². The number of benzene rings is 1. The number of imide groups is 2. The first-order chi connectivity index (χ1) is 11.5. The number of rotatable bonds is 5. The van der Waals surface area contributed by atoms with Crippen molar-refractivity contribution < 1.29 is 19.2 Å². The van der Waals surface area contributed by atoms with Gasteiger partial charge in [-0.05, 0) is 24.0 Å². The van der Waals surface area contributed by atoms with Crippen LogP contribution in [0.4, 0.5) is 4.79 Å². The Kier molecular flexibility index (Phi) is 4.16. The van der Waals surface area contributed by atoms with E-state index >= 15 is 0 Å². The van der Waals surface area contributed by atoms with Crippen molar-refractivity contribution in [3.05, 3.63) is 48.0 Å². The fraction of sp³-hybridized carbons (Fsp3) is 0.294. The average Bonchev–Trinajstić information content (AvgIpc) is 3.06. The van der Waals surface area contributed by atoms with E-state index in [4.69, 9.17) is 0 Å². The van der Waals surface area contributed by atoms with Crippen LogP contribution in [0.25, 0.3) is 0 Å². The summed E-state index contributed by atoms with van der Waals surface area (Å²) in [4.78, 5) is 49.3. The minimum absolute atomic E-state index is 0.0580. The molecule has 1 atom stereocenters. The lowest BCUT2D eigenvalue weighted by Crippen LogP contribution is -2.42. The van der Waals surface area contributed by atoms with Crippen LogP contribution in [0.15, 0.2) is 36.9 Å². The number of nitrogens with zero attached hydrogens (tertiary/aromatic N) is 2. The smallest absolute Gasteiger partial charge is 0.335 e. The van der Waals surface area contributed by atoms with Gasteiger partial charge in [-0.2, -0.15) is 0 Å². The molecule has 3 rings (SSSR count). The van der Waals surface area contributed by atoms with Crippen molar-refractivity contribution in [3.63, 3.8) is 0 Å². The summed E-state index contributed by atoms with van der Waals surface area (Å²) in [6, 6.07) is 6.90. The van der Waals surface area contributed by atoms with E-state index in [2.05, 4.69) is 11.9 Å². The van der Waals surface area contributed by atoms with Crippen LogP contribution >= 0.6 is 0 Å². The zero-order valence-electron chi connectivity index (χ0n) is 13.0. The molecule has 7 nitrogen and oxygen atoms in total. The fourth-order valence-electron chi connectivity index (χ4n) is 3.07. The summed E-state index contributed by atoms with van der Waals surface area (Å²) < 4.78 is 0. The van der Waals surface area contributed by atoms with Gasteiger partial charge >= 0.3 is 17.8 Å². The van der Waals surface area contributed by atoms with Crippen LogP contribution in [0.2, 0.25) is 0 Å². The Hall–Kier alpha value is -2.96. The maximum atomic E-state index is 12.2. The van der Waals surface area contributed by atoms with Gasteiger partial charge in [0, 0.05) is 6.54 Å². The molecule has 24 heavy (non-hydrogen) atoms. The van der Waals surface area contributed by atoms with Crippen LogP contribution in [-0.4, -0.2) is 46.6 Å². The highest BCUT2D eigenvalue weighted by molar-refractivity contribution is 6.45. The number of carbonyl (C=O) groups excluding carboxylic acids is 4. The predicted octanol–water partition coefficient (Wildman–Crippen LogP) is 0.767. The number of carbonyl (C=O) groups is 4. The van der Waals surface area contributed by atoms with Gasteiger partial charge in [0.1, 0.15) is 6.54 Å². The lowest BCUT2D eigenvalue weighted by atomic mass is 10.1. The van der Waals surface area contributed by atoms with Crippen molar-refractivity contribution in [2.45, 2.75) is 18.9 Å². The number of amides is 5. The van der Waals surface area contributed by atoms with E-state index < -0.39 is 30.3 Å². The molecule has 1 saturated heterocycles. The maximum absolute atomic E-state index is 12.2. The first-order valence-corrected chi connectivity index (χ1v) is 7.68. The number of hydrogen-bond acceptors (Lipinski definition) is 4. The molecule has 1 N–H and O–H groups in total. The van der Waals surface area contributed by atoms with E-state index in [-0.39, 0.29) is 12.6 Å². The minimum Gasteiger partial charge on any atom is -0.348 e. The molecular formula is C17H17N3O4. The van der Waals surface area contributed by atoms with Gasteiger partial charge in [-0.1, -0.05) is 30.3 Å². The Morgan fingerprint density at radius 3 is 2.67 bits per heavy atom. The summed E-state index contributed by atoms with van der Waals surface area (Å²) in [6.07, 6.45) is 2.99. The molecule has 0 bridgehead atoms. The summed E-state index contributed by atoms with van der Waals surface area (Å²) in [7, 11) is 0. The highest BCUT2D eigenvalue weighted by atomic mass is 16.2. The van der Waals surface area contributed by atoms with Gasteiger partial charge in [-0.3, -0.25) is 19.3 Å². The van der Waals surface area contributed by atoms with Crippen molar-refractivity contribution in [2.24, 2.45) is 0 Å². The van der Waals surface area contributed by atoms with Gasteiger partial charge in [0.05, 0.1) is 6.04 Å². The molecular weight excluding hydrogens is 310 g/mol. The molecule has 0 radical (unpaired) electrons. The summed E-state index contributed by atoms with van der Waals surface area (Å²) in [5, 5.41) is 2.83. The highest BCUT2D eigenvalue weighted by Crippen LogP contribution is 2.30. The molecule has 1 aliphatic carbocycles. The second-order valence-electron chi connectivity index (χ2n) is 5.74. The minimum atomic E-state index is -0.983. The number of hydrogen-bond donors (Lipinski definition) is 1. The van der Waals surface area contributed by atoms with Gasteiger partial charge in [0.15, 0.2) is 0 Å². The van der Waals surface area contributed by atoms with Crippen LogP contribution < -0.4 is 5.32 Å². The number of fused-ring (bicyclic) bond motifs is 1. The Morgan fingerprint density at radius 1 is 1.21 bits per heavy atom. The number of urea groups is 1. The van der Waals surface area contributed by atoms with E-state index in [1.165, 1.54) is 11.6 Å². The molecule has 0 saturated carbocycles. The van der Waals surface area contributed by atoms with Crippen molar-refractivity contribution in [3.8, 4) is 0 Å². The quantitative estimate of drug-likeness (QED) is 0.491. The van der Waals surface area contributed by atoms with E-state index in [1.807, 2.05) is 24.3 Å². The molecule has 1 aromatic rings. The van der Waals surface area contributed by atoms with Crippen molar-refractivity contribution >= 4 is 23.8 Å². The molecule has 1 aromatic carbocycles. The zero-order valence-corrected chi connectivity index (χ0v) is 13.0. The largest absolute Gasteiger partial charge is 0.348 e. The highest BCUT2D eigenvalue weighted by Gasteiger charge is 2.44. The molecule has 124 valence electrons. The third-order valence-electron chi connectivity index (χ3n) is 4.22. The summed E-state index contributed by atoms with van der Waals surface area (Å²) in [5.74, 6) is -2.38. The van der Waals surface area contributed by atoms with Gasteiger partial charge in [0.25, 0.3) is 0 Å². The standard InChI is InChI=1S/C17H17N3O4/c1-2-9-19-15(22)16(23)20(17(19)24)10-14(21)18-13-8-7-11-5-3-4-6-12(11)13/h2-6,13H,1,7-10H2,(H,18,21).